The average Bonchev–Trinajstić information content (AvgIpc) is 2.54. The van der Waals surface area contributed by atoms with E-state index in [9.17, 15) is 14.7 Å². The lowest BCUT2D eigenvalue weighted by Crippen LogP contribution is -2.47. The second-order valence-electron chi connectivity index (χ2n) is 5.65. The molecule has 1 saturated heterocycles. The van der Waals surface area contributed by atoms with Gasteiger partial charge >= 0.3 is 12.0 Å². The first kappa shape index (κ1) is 18.7. The molecule has 1 aliphatic rings. The van der Waals surface area contributed by atoms with Crippen LogP contribution in [0.2, 0.25) is 5.02 Å². The Bertz CT molecular complexity index is 621. The fraction of sp³-hybridized carbons (Fsp3) is 0.467. The van der Waals surface area contributed by atoms with Crippen molar-refractivity contribution in [1.82, 2.24) is 5.32 Å². The third kappa shape index (κ3) is 4.93. The number of carbonyl (C=O) groups is 2. The summed E-state index contributed by atoms with van der Waals surface area (Å²) in [5.41, 5.74) is -0.625. The van der Waals surface area contributed by atoms with E-state index in [1.54, 1.807) is 12.1 Å². The lowest BCUT2D eigenvalue weighted by Gasteiger charge is -2.30. The first-order valence-electron chi connectivity index (χ1n) is 7.42. The van der Waals surface area contributed by atoms with Crippen LogP contribution < -0.4 is 15.5 Å². The van der Waals surface area contributed by atoms with E-state index in [2.05, 4.69) is 15.5 Å². The van der Waals surface area contributed by atoms with E-state index in [-0.39, 0.29) is 0 Å². The molecule has 9 heteroatoms. The standard InChI is InChI=1S/C15H20ClN3O4S/c1-15(23,13(20)21)9-17-14(22)18-11-8-10(16)2-3-12(11)19-4-6-24-7-5-19/h2-3,8,23H,4-7,9H2,1H3,(H,20,21)(H2,17,18,22). The number of benzene rings is 1. The third-order valence-electron chi connectivity index (χ3n) is 3.61. The quantitative estimate of drug-likeness (QED) is 0.628. The van der Waals surface area contributed by atoms with Crippen LogP contribution in [0.5, 0.6) is 0 Å². The summed E-state index contributed by atoms with van der Waals surface area (Å²) in [6.07, 6.45) is 0. The number of halogens is 1. The summed E-state index contributed by atoms with van der Waals surface area (Å²) in [5.74, 6) is 0.614. The predicted octanol–water partition coefficient (Wildman–Crippen LogP) is 1.85. The highest BCUT2D eigenvalue weighted by Crippen LogP contribution is 2.30. The number of amides is 2. The highest BCUT2D eigenvalue weighted by molar-refractivity contribution is 7.99. The van der Waals surface area contributed by atoms with Crippen LogP contribution in [0.4, 0.5) is 16.2 Å². The van der Waals surface area contributed by atoms with Gasteiger partial charge in [-0.05, 0) is 25.1 Å². The lowest BCUT2D eigenvalue weighted by molar-refractivity contribution is -0.155. The summed E-state index contributed by atoms with van der Waals surface area (Å²) in [6, 6.07) is 4.65. The molecular weight excluding hydrogens is 354 g/mol. The van der Waals surface area contributed by atoms with Gasteiger partial charge in [-0.15, -0.1) is 0 Å². The molecule has 1 aliphatic heterocycles. The Labute approximate surface area is 149 Å². The number of hydrogen-bond donors (Lipinski definition) is 4. The van der Waals surface area contributed by atoms with Crippen molar-refractivity contribution in [2.75, 3.05) is 41.4 Å². The Kier molecular flexibility index (Phi) is 6.20. The van der Waals surface area contributed by atoms with Gasteiger partial charge in [0.05, 0.1) is 17.9 Å². The molecule has 7 nitrogen and oxygen atoms in total. The van der Waals surface area contributed by atoms with Gasteiger partial charge in [0.25, 0.3) is 0 Å². The Morgan fingerprint density at radius 1 is 1.38 bits per heavy atom. The lowest BCUT2D eigenvalue weighted by atomic mass is 10.1. The maximum absolute atomic E-state index is 12.0. The molecule has 0 aliphatic carbocycles. The fourth-order valence-corrected chi connectivity index (χ4v) is 3.26. The number of aliphatic hydroxyl groups is 1. The van der Waals surface area contributed by atoms with E-state index in [0.717, 1.165) is 37.2 Å². The van der Waals surface area contributed by atoms with E-state index in [1.165, 1.54) is 0 Å². The first-order chi connectivity index (χ1) is 11.3. The second-order valence-corrected chi connectivity index (χ2v) is 7.31. The molecule has 1 heterocycles. The van der Waals surface area contributed by atoms with E-state index < -0.39 is 24.1 Å². The van der Waals surface area contributed by atoms with Crippen molar-refractivity contribution in [1.29, 1.82) is 0 Å². The fourth-order valence-electron chi connectivity index (χ4n) is 2.18. The van der Waals surface area contributed by atoms with Gasteiger partial charge in [-0.2, -0.15) is 11.8 Å². The number of rotatable bonds is 5. The van der Waals surface area contributed by atoms with Gasteiger partial charge in [0, 0.05) is 29.6 Å². The molecule has 132 valence electrons. The number of carbonyl (C=O) groups excluding carboxylic acids is 1. The number of nitrogens with zero attached hydrogens (tertiary/aromatic N) is 1. The summed E-state index contributed by atoms with van der Waals surface area (Å²) in [5, 5.41) is 24.0. The largest absolute Gasteiger partial charge is 0.479 e. The topological polar surface area (TPSA) is 102 Å². The number of aliphatic carboxylic acids is 1. The monoisotopic (exact) mass is 373 g/mol. The van der Waals surface area contributed by atoms with E-state index in [0.29, 0.717) is 10.7 Å². The van der Waals surface area contributed by atoms with Gasteiger partial charge in [-0.25, -0.2) is 9.59 Å². The van der Waals surface area contributed by atoms with Crippen LogP contribution in [0.1, 0.15) is 6.92 Å². The molecule has 0 bridgehead atoms. The number of carboxylic acids is 1. The molecule has 2 amide bonds. The Balaban J connectivity index is 2.06. The Morgan fingerprint density at radius 3 is 2.67 bits per heavy atom. The maximum Gasteiger partial charge on any atom is 0.337 e. The van der Waals surface area contributed by atoms with Crippen LogP contribution >= 0.6 is 23.4 Å². The maximum atomic E-state index is 12.0. The molecular formula is C15H20ClN3O4S. The summed E-state index contributed by atoms with van der Waals surface area (Å²) in [4.78, 5) is 25.0. The highest BCUT2D eigenvalue weighted by atomic mass is 35.5. The van der Waals surface area contributed by atoms with Crippen LogP contribution in [0.25, 0.3) is 0 Å². The molecule has 0 spiro atoms. The van der Waals surface area contributed by atoms with E-state index in [1.807, 2.05) is 17.8 Å². The number of hydrogen-bond acceptors (Lipinski definition) is 5. The Morgan fingerprint density at radius 2 is 2.04 bits per heavy atom. The van der Waals surface area contributed by atoms with Crippen molar-refractivity contribution in [3.05, 3.63) is 23.2 Å². The normalized spacial score (nSPS) is 17.0. The van der Waals surface area contributed by atoms with E-state index >= 15 is 0 Å². The van der Waals surface area contributed by atoms with Crippen molar-refractivity contribution >= 4 is 46.7 Å². The van der Waals surface area contributed by atoms with Gasteiger partial charge < -0.3 is 25.7 Å². The average molecular weight is 374 g/mol. The van der Waals surface area contributed by atoms with Crippen LogP contribution in [0.15, 0.2) is 18.2 Å². The van der Waals surface area contributed by atoms with Crippen LogP contribution in [-0.4, -0.2) is 59.0 Å². The molecule has 0 aromatic heterocycles. The summed E-state index contributed by atoms with van der Waals surface area (Å²) < 4.78 is 0. The van der Waals surface area contributed by atoms with Crippen molar-refractivity contribution < 1.29 is 19.8 Å². The summed E-state index contributed by atoms with van der Waals surface area (Å²) in [6.45, 7) is 2.45. The first-order valence-corrected chi connectivity index (χ1v) is 8.96. The molecule has 1 aromatic carbocycles. The van der Waals surface area contributed by atoms with Crippen LogP contribution in [-0.2, 0) is 4.79 Å². The molecule has 24 heavy (non-hydrogen) atoms. The summed E-state index contributed by atoms with van der Waals surface area (Å²) in [7, 11) is 0. The van der Waals surface area contributed by atoms with E-state index in [4.69, 9.17) is 16.7 Å². The zero-order valence-corrected chi connectivity index (χ0v) is 14.8. The minimum Gasteiger partial charge on any atom is -0.479 e. The zero-order valence-electron chi connectivity index (χ0n) is 13.2. The third-order valence-corrected chi connectivity index (χ3v) is 4.79. The molecule has 1 fully saturated rings. The Hall–Kier alpha value is -1.64. The molecule has 2 rings (SSSR count). The summed E-state index contributed by atoms with van der Waals surface area (Å²) >= 11 is 7.90. The van der Waals surface area contributed by atoms with Gasteiger partial charge in [0.15, 0.2) is 5.60 Å². The van der Waals surface area contributed by atoms with Crippen molar-refractivity contribution in [2.45, 2.75) is 12.5 Å². The molecule has 1 unspecified atom stereocenters. The smallest absolute Gasteiger partial charge is 0.337 e. The number of nitrogens with one attached hydrogen (secondary N) is 2. The van der Waals surface area contributed by atoms with Crippen molar-refractivity contribution in [3.63, 3.8) is 0 Å². The molecule has 1 aromatic rings. The van der Waals surface area contributed by atoms with Crippen LogP contribution in [0, 0.1) is 0 Å². The van der Waals surface area contributed by atoms with Crippen molar-refractivity contribution in [3.8, 4) is 0 Å². The molecule has 0 saturated carbocycles. The highest BCUT2D eigenvalue weighted by Gasteiger charge is 2.30. The van der Waals surface area contributed by atoms with Gasteiger partial charge in [-0.3, -0.25) is 0 Å². The SMILES string of the molecule is CC(O)(CNC(=O)Nc1cc(Cl)ccc1N1CCSCC1)C(=O)O. The number of thioether (sulfide) groups is 1. The second kappa shape index (κ2) is 7.96. The minimum absolute atomic E-state index is 0.412. The van der Waals surface area contributed by atoms with Gasteiger partial charge in [0.2, 0.25) is 0 Å². The van der Waals surface area contributed by atoms with Gasteiger partial charge in [-0.1, -0.05) is 11.6 Å². The number of carboxylic acid groups (broad SMARTS) is 1. The number of urea groups is 1. The van der Waals surface area contributed by atoms with Crippen LogP contribution in [0.3, 0.4) is 0 Å². The molecule has 4 N–H and O–H groups in total. The number of anilines is 2. The van der Waals surface area contributed by atoms with Gasteiger partial charge in [0.1, 0.15) is 0 Å². The molecule has 0 radical (unpaired) electrons. The molecule has 1 atom stereocenters. The van der Waals surface area contributed by atoms with Crippen molar-refractivity contribution in [2.24, 2.45) is 0 Å². The predicted molar refractivity (Wildman–Crippen MR) is 96.3 cm³/mol. The zero-order chi connectivity index (χ0) is 17.7. The minimum atomic E-state index is -2.03.